The minimum absolute atomic E-state index is 0.0726. The number of aromatic hydroxyl groups is 8. The van der Waals surface area contributed by atoms with Crippen LogP contribution in [0.4, 0.5) is 0 Å². The van der Waals surface area contributed by atoms with Gasteiger partial charge in [-0.1, -0.05) is 184 Å². The van der Waals surface area contributed by atoms with Crippen molar-refractivity contribution < 1.29 is 40.9 Å². The first-order chi connectivity index (χ1) is 38.1. The molecule has 0 fully saturated rings. The quantitative estimate of drug-likeness (QED) is 0.0849. The molecule has 8 aromatic carbocycles. The molecule has 1 aliphatic rings. The van der Waals surface area contributed by atoms with Gasteiger partial charge in [0.1, 0.15) is 46.0 Å². The molecule has 0 saturated carbocycles. The molecule has 1 aliphatic carbocycles. The van der Waals surface area contributed by atoms with Crippen LogP contribution in [0.2, 0.25) is 0 Å². The molecule has 8 nitrogen and oxygen atoms in total. The molecule has 8 heteroatoms. The first kappa shape index (κ1) is 57.8. The van der Waals surface area contributed by atoms with Crippen LogP contribution in [0.1, 0.15) is 194 Å². The largest absolute Gasteiger partial charge is 0.507 e. The third kappa shape index (κ3) is 11.7. The fourth-order valence-electron chi connectivity index (χ4n) is 13.1. The highest BCUT2D eigenvalue weighted by Crippen LogP contribution is 2.48. The van der Waals surface area contributed by atoms with E-state index in [1.165, 1.54) is 0 Å². The molecule has 0 saturated heterocycles. The van der Waals surface area contributed by atoms with Gasteiger partial charge in [-0.2, -0.15) is 0 Å². The van der Waals surface area contributed by atoms with Crippen molar-refractivity contribution >= 4 is 0 Å². The average molecular weight is 1090 g/mol. The molecule has 9 rings (SSSR count). The van der Waals surface area contributed by atoms with Crippen LogP contribution in [0.25, 0.3) is 0 Å². The van der Waals surface area contributed by atoms with Crippen molar-refractivity contribution in [2.75, 3.05) is 0 Å². The Hall–Kier alpha value is -7.84. The standard InChI is InChI=1S/C73H82O8/c1-37(2)63-59-25-42(8)21-52(69(59)78)29-46-15-39(5)16-47(65(46)74)30-53-22-43(9)26-60(70(53)79)64(38(3)4)62-28-45(11)24-55(72(62)81)32-49-18-41(7)20-51(67(49)76)34-57-36-58(73(12,13)14)35-56(68(57)77)33-50-19-40(6)17-48(66(50)75)31-54-23-44(10)27-61(63)71(54)80/h15-28,35-38,63-64,74-81H,29-34H2,1-14H3. The van der Waals surface area contributed by atoms with Crippen LogP contribution in [-0.2, 0) is 43.9 Å². The Morgan fingerprint density at radius 2 is 0.432 bits per heavy atom. The Labute approximate surface area is 479 Å². The highest BCUT2D eigenvalue weighted by atomic mass is 16.3. The van der Waals surface area contributed by atoms with Crippen LogP contribution in [0.3, 0.4) is 0 Å². The minimum atomic E-state index is -0.443. The Kier molecular flexibility index (Phi) is 15.9. The minimum Gasteiger partial charge on any atom is -0.507 e. The predicted octanol–water partition coefficient (Wildman–Crippen LogP) is 16.2. The fraction of sp³-hybridized carbons (Fsp3) is 0.342. The molecule has 16 bridgehead atoms. The van der Waals surface area contributed by atoms with Gasteiger partial charge in [0.2, 0.25) is 0 Å². The number of fused-ring (bicyclic) bond motifs is 16. The summed E-state index contributed by atoms with van der Waals surface area (Å²) < 4.78 is 0. The molecule has 0 heterocycles. The maximum absolute atomic E-state index is 12.5. The monoisotopic (exact) mass is 1090 g/mol. The summed E-state index contributed by atoms with van der Waals surface area (Å²) in [5.74, 6) is -0.413. The maximum atomic E-state index is 12.5. The molecule has 2 unspecified atom stereocenters. The van der Waals surface area contributed by atoms with Crippen molar-refractivity contribution in [1.82, 2.24) is 0 Å². The van der Waals surface area contributed by atoms with Gasteiger partial charge < -0.3 is 40.9 Å². The normalized spacial score (nSPS) is 15.1. The molecule has 8 aromatic rings. The van der Waals surface area contributed by atoms with E-state index in [1.54, 1.807) is 0 Å². The maximum Gasteiger partial charge on any atom is 0.122 e. The van der Waals surface area contributed by atoms with Crippen LogP contribution in [0, 0.1) is 60.3 Å². The number of hydrogen-bond acceptors (Lipinski definition) is 8. The van der Waals surface area contributed by atoms with Gasteiger partial charge in [-0.15, -0.1) is 0 Å². The smallest absolute Gasteiger partial charge is 0.122 e. The lowest BCUT2D eigenvalue weighted by molar-refractivity contribution is 0.429. The van der Waals surface area contributed by atoms with Gasteiger partial charge in [0.15, 0.2) is 0 Å². The fourth-order valence-corrected chi connectivity index (χ4v) is 13.1. The van der Waals surface area contributed by atoms with Crippen molar-refractivity contribution in [3.63, 3.8) is 0 Å². The summed E-state index contributed by atoms with van der Waals surface area (Å²) in [7, 11) is 0. The Morgan fingerprint density at radius 1 is 0.272 bits per heavy atom. The lowest BCUT2D eigenvalue weighted by Crippen LogP contribution is -2.13. The molecule has 422 valence electrons. The molecular weight excluding hydrogens is 1000 g/mol. The van der Waals surface area contributed by atoms with E-state index in [0.717, 1.165) is 44.5 Å². The summed E-state index contributed by atoms with van der Waals surface area (Å²) in [5, 5.41) is 99.0. The van der Waals surface area contributed by atoms with Crippen LogP contribution >= 0.6 is 0 Å². The van der Waals surface area contributed by atoms with Crippen molar-refractivity contribution in [1.29, 1.82) is 0 Å². The summed E-state index contributed by atoms with van der Waals surface area (Å²) in [5.41, 5.74) is 17.1. The van der Waals surface area contributed by atoms with Gasteiger partial charge in [-0.25, -0.2) is 0 Å². The van der Waals surface area contributed by atoms with E-state index in [4.69, 9.17) is 0 Å². The third-order valence-corrected chi connectivity index (χ3v) is 16.8. The highest BCUT2D eigenvalue weighted by molar-refractivity contribution is 5.62. The van der Waals surface area contributed by atoms with E-state index >= 15 is 0 Å². The summed E-state index contributed by atoms with van der Waals surface area (Å²) >= 11 is 0. The molecule has 2 atom stereocenters. The topological polar surface area (TPSA) is 162 Å². The highest BCUT2D eigenvalue weighted by Gasteiger charge is 2.31. The summed E-state index contributed by atoms with van der Waals surface area (Å²) in [4.78, 5) is 0. The number of benzene rings is 8. The first-order valence-electron chi connectivity index (χ1n) is 28.6. The predicted molar refractivity (Wildman–Crippen MR) is 327 cm³/mol. The molecular formula is C73H82O8. The second kappa shape index (κ2) is 22.2. The molecule has 0 amide bonds. The van der Waals surface area contributed by atoms with E-state index in [2.05, 4.69) is 48.5 Å². The molecule has 0 radical (unpaired) electrons. The molecule has 81 heavy (non-hydrogen) atoms. The van der Waals surface area contributed by atoms with Crippen LogP contribution in [-0.4, -0.2) is 40.9 Å². The van der Waals surface area contributed by atoms with E-state index in [0.29, 0.717) is 89.0 Å². The zero-order valence-electron chi connectivity index (χ0n) is 49.9. The average Bonchev–Trinajstić information content (AvgIpc) is 3.54. The molecule has 0 spiro atoms. The number of phenolic OH excluding ortho intramolecular Hbond substituents is 8. The van der Waals surface area contributed by atoms with Crippen molar-refractivity contribution in [2.24, 2.45) is 11.8 Å². The Morgan fingerprint density at radius 3 is 0.605 bits per heavy atom. The van der Waals surface area contributed by atoms with Gasteiger partial charge in [-0.3, -0.25) is 0 Å². The zero-order valence-corrected chi connectivity index (χ0v) is 49.9. The lowest BCUT2D eigenvalue weighted by Gasteiger charge is -2.27. The van der Waals surface area contributed by atoms with E-state index < -0.39 is 11.8 Å². The van der Waals surface area contributed by atoms with Crippen LogP contribution in [0.15, 0.2) is 97.1 Å². The molecule has 0 aliphatic heterocycles. The second-order valence-electron chi connectivity index (χ2n) is 25.6. The number of rotatable bonds is 2. The van der Waals surface area contributed by atoms with Crippen molar-refractivity contribution in [2.45, 2.75) is 153 Å². The van der Waals surface area contributed by atoms with Gasteiger partial charge in [-0.05, 0) is 138 Å². The van der Waals surface area contributed by atoms with Crippen LogP contribution in [0.5, 0.6) is 46.0 Å². The third-order valence-electron chi connectivity index (χ3n) is 16.8. The van der Waals surface area contributed by atoms with Gasteiger partial charge >= 0.3 is 0 Å². The summed E-state index contributed by atoms with van der Waals surface area (Å²) in [6.45, 7) is 28.6. The van der Waals surface area contributed by atoms with Crippen LogP contribution < -0.4 is 0 Å². The molecule has 8 N–H and O–H groups in total. The second-order valence-corrected chi connectivity index (χ2v) is 25.6. The number of hydrogen-bond donors (Lipinski definition) is 8. The van der Waals surface area contributed by atoms with E-state index in [1.807, 2.05) is 146 Å². The number of aryl methyl sites for hydroxylation is 7. The Balaban J connectivity index is 1.26. The Bertz CT molecular complexity index is 3540. The van der Waals surface area contributed by atoms with Crippen molar-refractivity contribution in [3.05, 3.63) is 231 Å². The molecule has 0 aromatic heterocycles. The SMILES string of the molecule is Cc1cc2c(O)c(c1)Cc1cc(C)cc(c1O)C(C(C)C)c1cc(C)cc(c1O)Cc1cc(C)cc(c1O)Cc1cc(C)cc(c1O)C(C(C)C)c1cc(C)cc(c1O)Cc1cc(C)cc(c1O)Cc1cc(C(C)(C)C)cc(c1O)C2. The van der Waals surface area contributed by atoms with E-state index in [-0.39, 0.29) is 102 Å². The number of phenols is 8. The summed E-state index contributed by atoms with van der Waals surface area (Å²) in [6.07, 6.45) is 1.26. The zero-order chi connectivity index (χ0) is 58.8. The van der Waals surface area contributed by atoms with Gasteiger partial charge in [0.25, 0.3) is 0 Å². The summed E-state index contributed by atoms with van der Waals surface area (Å²) in [6, 6.07) is 31.3. The van der Waals surface area contributed by atoms with Gasteiger partial charge in [0, 0.05) is 72.6 Å². The first-order valence-corrected chi connectivity index (χ1v) is 28.6. The van der Waals surface area contributed by atoms with Crippen molar-refractivity contribution in [3.8, 4) is 46.0 Å². The van der Waals surface area contributed by atoms with Gasteiger partial charge in [0.05, 0.1) is 0 Å². The van der Waals surface area contributed by atoms with E-state index in [9.17, 15) is 40.9 Å². The lowest BCUT2D eigenvalue weighted by atomic mass is 9.78.